The SMILES string of the molecule is CN(C)C1(S(C)(=O)=O)C=CC(C=Cc2ccccc2)=CC1. The van der Waals surface area contributed by atoms with Crippen molar-refractivity contribution in [1.29, 1.82) is 0 Å². The van der Waals surface area contributed by atoms with Crippen LogP contribution in [0.3, 0.4) is 0 Å². The fourth-order valence-corrected chi connectivity index (χ4v) is 3.81. The largest absolute Gasteiger partial charge is 0.287 e. The molecule has 2 rings (SSSR count). The van der Waals surface area contributed by atoms with Crippen molar-refractivity contribution < 1.29 is 8.42 Å². The number of likely N-dealkylation sites (N-methyl/N-ethyl adjacent to an activating group) is 1. The molecule has 1 unspecified atom stereocenters. The molecule has 0 saturated heterocycles. The third kappa shape index (κ3) is 3.34. The lowest BCUT2D eigenvalue weighted by molar-refractivity contribution is 0.291. The fraction of sp³-hybridized carbons (Fsp3) is 0.294. The van der Waals surface area contributed by atoms with Crippen molar-refractivity contribution in [2.24, 2.45) is 0 Å². The Hall–Kier alpha value is -1.65. The normalized spacial score (nSPS) is 22.8. The van der Waals surface area contributed by atoms with Gasteiger partial charge in [-0.15, -0.1) is 0 Å². The van der Waals surface area contributed by atoms with Crippen LogP contribution in [0, 0.1) is 0 Å². The molecule has 0 amide bonds. The van der Waals surface area contributed by atoms with Crippen molar-refractivity contribution in [3.63, 3.8) is 0 Å². The van der Waals surface area contributed by atoms with Crippen molar-refractivity contribution >= 4 is 15.9 Å². The molecule has 0 bridgehead atoms. The van der Waals surface area contributed by atoms with E-state index >= 15 is 0 Å². The van der Waals surface area contributed by atoms with Gasteiger partial charge in [0.25, 0.3) is 0 Å². The standard InChI is InChI=1S/C17H21NO2S/c1-18(2)17(21(3,19)20)13-11-16(12-14-17)10-9-15-7-5-4-6-8-15/h4-13H,14H2,1-3H3. The zero-order valence-electron chi connectivity index (χ0n) is 12.7. The van der Waals surface area contributed by atoms with Gasteiger partial charge in [0, 0.05) is 12.7 Å². The quantitative estimate of drug-likeness (QED) is 0.858. The Bertz CT molecular complexity index is 685. The van der Waals surface area contributed by atoms with E-state index in [0.717, 1.165) is 11.1 Å². The van der Waals surface area contributed by atoms with Crippen molar-refractivity contribution in [2.75, 3.05) is 20.4 Å². The molecule has 112 valence electrons. The molecule has 0 radical (unpaired) electrons. The molecule has 0 aliphatic heterocycles. The highest BCUT2D eigenvalue weighted by atomic mass is 32.2. The van der Waals surface area contributed by atoms with Crippen LogP contribution < -0.4 is 0 Å². The zero-order chi connectivity index (χ0) is 15.5. The molecule has 1 aromatic rings. The Morgan fingerprint density at radius 1 is 1.14 bits per heavy atom. The highest BCUT2D eigenvalue weighted by Gasteiger charge is 2.40. The van der Waals surface area contributed by atoms with Crippen molar-refractivity contribution in [2.45, 2.75) is 11.3 Å². The van der Waals surface area contributed by atoms with Crippen LogP contribution in [-0.2, 0) is 9.84 Å². The van der Waals surface area contributed by atoms with E-state index in [9.17, 15) is 8.42 Å². The third-order valence-electron chi connectivity index (χ3n) is 3.83. The van der Waals surface area contributed by atoms with E-state index in [-0.39, 0.29) is 0 Å². The zero-order valence-corrected chi connectivity index (χ0v) is 13.5. The second-order valence-corrected chi connectivity index (χ2v) is 7.75. The first-order valence-electron chi connectivity index (χ1n) is 6.85. The van der Waals surface area contributed by atoms with Crippen molar-refractivity contribution in [1.82, 2.24) is 4.90 Å². The molecule has 0 fully saturated rings. The highest BCUT2D eigenvalue weighted by Crippen LogP contribution is 2.31. The van der Waals surface area contributed by atoms with Crippen LogP contribution in [0.15, 0.2) is 60.2 Å². The monoisotopic (exact) mass is 303 g/mol. The number of hydrogen-bond donors (Lipinski definition) is 0. The minimum Gasteiger partial charge on any atom is -0.287 e. The predicted octanol–water partition coefficient (Wildman–Crippen LogP) is 2.89. The summed E-state index contributed by atoms with van der Waals surface area (Å²) in [7, 11) is 0.384. The topological polar surface area (TPSA) is 37.4 Å². The molecule has 21 heavy (non-hydrogen) atoms. The molecule has 4 heteroatoms. The van der Waals surface area contributed by atoms with Gasteiger partial charge in [0.2, 0.25) is 0 Å². The van der Waals surface area contributed by atoms with Crippen LogP contribution in [0.5, 0.6) is 0 Å². The maximum absolute atomic E-state index is 12.1. The molecule has 1 aliphatic rings. The van der Waals surface area contributed by atoms with Gasteiger partial charge in [-0.05, 0) is 31.3 Å². The van der Waals surface area contributed by atoms with Gasteiger partial charge in [-0.2, -0.15) is 0 Å². The molecular formula is C17H21NO2S. The summed E-state index contributed by atoms with van der Waals surface area (Å²) in [4.78, 5) is 0.824. The van der Waals surface area contributed by atoms with Crippen LogP contribution in [-0.4, -0.2) is 38.5 Å². The molecule has 0 N–H and O–H groups in total. The summed E-state index contributed by atoms with van der Waals surface area (Å²) in [5.74, 6) is 0. The van der Waals surface area contributed by atoms with Gasteiger partial charge in [0.05, 0.1) is 0 Å². The van der Waals surface area contributed by atoms with Gasteiger partial charge < -0.3 is 0 Å². The summed E-state index contributed by atoms with van der Waals surface area (Å²) in [6, 6.07) is 10.0. The number of rotatable bonds is 4. The van der Waals surface area contributed by atoms with E-state index in [1.807, 2.05) is 54.6 Å². The molecule has 0 spiro atoms. The average molecular weight is 303 g/mol. The lowest BCUT2D eigenvalue weighted by Gasteiger charge is -2.36. The number of allylic oxidation sites excluding steroid dienone is 3. The van der Waals surface area contributed by atoms with Crippen molar-refractivity contribution in [3.05, 3.63) is 65.8 Å². The molecular weight excluding hydrogens is 282 g/mol. The summed E-state index contributed by atoms with van der Waals surface area (Å²) in [5.41, 5.74) is 2.15. The van der Waals surface area contributed by atoms with E-state index in [2.05, 4.69) is 0 Å². The second kappa shape index (κ2) is 6.00. The highest BCUT2D eigenvalue weighted by molar-refractivity contribution is 7.92. The Morgan fingerprint density at radius 3 is 2.29 bits per heavy atom. The summed E-state index contributed by atoms with van der Waals surface area (Å²) in [5, 5.41) is 0. The summed E-state index contributed by atoms with van der Waals surface area (Å²) >= 11 is 0. The minimum atomic E-state index is -3.21. The number of sulfone groups is 1. The van der Waals surface area contributed by atoms with Gasteiger partial charge in [-0.1, -0.05) is 54.6 Å². The first-order valence-corrected chi connectivity index (χ1v) is 8.74. The summed E-state index contributed by atoms with van der Waals surface area (Å²) in [6.07, 6.45) is 11.4. The van der Waals surface area contributed by atoms with E-state index in [1.165, 1.54) is 6.26 Å². The van der Waals surface area contributed by atoms with Crippen LogP contribution >= 0.6 is 0 Å². The van der Waals surface area contributed by atoms with Crippen LogP contribution in [0.1, 0.15) is 12.0 Å². The number of nitrogens with zero attached hydrogens (tertiary/aromatic N) is 1. The van der Waals surface area contributed by atoms with Crippen LogP contribution in [0.4, 0.5) is 0 Å². The van der Waals surface area contributed by atoms with E-state index in [0.29, 0.717) is 6.42 Å². The third-order valence-corrected chi connectivity index (χ3v) is 5.79. The first kappa shape index (κ1) is 15.7. The molecule has 1 aromatic carbocycles. The molecule has 3 nitrogen and oxygen atoms in total. The van der Waals surface area contributed by atoms with E-state index < -0.39 is 14.7 Å². The Morgan fingerprint density at radius 2 is 1.81 bits per heavy atom. The molecule has 0 aromatic heterocycles. The Labute approximate surface area is 127 Å². The maximum Gasteiger partial charge on any atom is 0.170 e. The predicted molar refractivity (Wildman–Crippen MR) is 88.6 cm³/mol. The smallest absolute Gasteiger partial charge is 0.170 e. The van der Waals surface area contributed by atoms with Gasteiger partial charge in [-0.25, -0.2) is 8.42 Å². The summed E-state index contributed by atoms with van der Waals surface area (Å²) in [6.45, 7) is 0. The van der Waals surface area contributed by atoms with Crippen LogP contribution in [0.25, 0.3) is 6.08 Å². The van der Waals surface area contributed by atoms with Gasteiger partial charge in [0.1, 0.15) is 4.87 Å². The van der Waals surface area contributed by atoms with E-state index in [4.69, 9.17) is 0 Å². The van der Waals surface area contributed by atoms with E-state index in [1.54, 1.807) is 25.1 Å². The molecule has 1 atom stereocenters. The Balaban J connectivity index is 2.20. The molecule has 0 saturated carbocycles. The maximum atomic E-state index is 12.1. The number of hydrogen-bond acceptors (Lipinski definition) is 3. The van der Waals surface area contributed by atoms with Crippen molar-refractivity contribution in [3.8, 4) is 0 Å². The van der Waals surface area contributed by atoms with Gasteiger partial charge in [0.15, 0.2) is 9.84 Å². The Kier molecular flexibility index (Phi) is 4.49. The van der Waals surface area contributed by atoms with Gasteiger partial charge in [-0.3, -0.25) is 4.90 Å². The lowest BCUT2D eigenvalue weighted by Crippen LogP contribution is -2.49. The minimum absolute atomic E-state index is 0.462. The van der Waals surface area contributed by atoms with Crippen LogP contribution in [0.2, 0.25) is 0 Å². The number of benzene rings is 1. The summed E-state index contributed by atoms with van der Waals surface area (Å²) < 4.78 is 24.2. The first-order chi connectivity index (χ1) is 9.85. The van der Waals surface area contributed by atoms with Gasteiger partial charge >= 0.3 is 0 Å². The molecule has 0 heterocycles. The fourth-order valence-electron chi connectivity index (χ4n) is 2.45. The molecule has 1 aliphatic carbocycles. The second-order valence-electron chi connectivity index (χ2n) is 5.50. The average Bonchev–Trinajstić information content (AvgIpc) is 2.45. The lowest BCUT2D eigenvalue weighted by atomic mass is 10.0.